The topological polar surface area (TPSA) is 74.1 Å². The number of hydrogen-bond donors (Lipinski definition) is 0. The fourth-order valence-corrected chi connectivity index (χ4v) is 3.30. The number of carbonyl (C=O) groups is 3. The first-order valence-electron chi connectivity index (χ1n) is 8.14. The number of fused-ring (bicyclic) bond motifs is 1. The highest BCUT2D eigenvalue weighted by Crippen LogP contribution is 2.24. The lowest BCUT2D eigenvalue weighted by Gasteiger charge is -2.34. The molecule has 1 aromatic carbocycles. The molecular formula is C18H17N3O4. The normalized spacial score (nSPS) is 20.2. The number of hydrogen-bond acceptors (Lipinski definition) is 4. The lowest BCUT2D eigenvalue weighted by atomic mass is 10.1. The first-order chi connectivity index (χ1) is 12.1. The van der Waals surface area contributed by atoms with Crippen molar-refractivity contribution in [2.75, 3.05) is 19.6 Å². The fraction of sp³-hybridized carbons (Fsp3) is 0.278. The molecule has 1 aromatic heterocycles. The number of piperazine rings is 1. The molecule has 2 saturated heterocycles. The average molecular weight is 339 g/mol. The molecule has 25 heavy (non-hydrogen) atoms. The SMILES string of the molecule is O=C(c1ccco1)N1CCN2C(=O)N(Cc3ccccc3)C(=O)C2C1. The van der Waals surface area contributed by atoms with Gasteiger partial charge < -0.3 is 14.2 Å². The molecule has 2 aromatic rings. The molecule has 4 amide bonds. The lowest BCUT2D eigenvalue weighted by Crippen LogP contribution is -2.54. The van der Waals surface area contributed by atoms with Crippen LogP contribution in [0, 0.1) is 0 Å². The molecule has 7 nitrogen and oxygen atoms in total. The van der Waals surface area contributed by atoms with Crippen LogP contribution in [0.25, 0.3) is 0 Å². The maximum absolute atomic E-state index is 12.7. The number of benzene rings is 1. The van der Waals surface area contributed by atoms with Gasteiger partial charge in [-0.25, -0.2) is 4.79 Å². The maximum Gasteiger partial charge on any atom is 0.327 e. The van der Waals surface area contributed by atoms with Crippen LogP contribution in [0.15, 0.2) is 53.1 Å². The van der Waals surface area contributed by atoms with Gasteiger partial charge in [-0.3, -0.25) is 14.5 Å². The van der Waals surface area contributed by atoms with Gasteiger partial charge in [0.2, 0.25) is 0 Å². The summed E-state index contributed by atoms with van der Waals surface area (Å²) in [6, 6.07) is 11.7. The Kier molecular flexibility index (Phi) is 3.76. The highest BCUT2D eigenvalue weighted by Gasteiger charge is 2.48. The second-order valence-corrected chi connectivity index (χ2v) is 6.13. The first kappa shape index (κ1) is 15.4. The van der Waals surface area contributed by atoms with E-state index in [9.17, 15) is 14.4 Å². The van der Waals surface area contributed by atoms with Crippen molar-refractivity contribution < 1.29 is 18.8 Å². The second-order valence-electron chi connectivity index (χ2n) is 6.13. The van der Waals surface area contributed by atoms with Crippen LogP contribution in [-0.2, 0) is 11.3 Å². The van der Waals surface area contributed by atoms with Crippen LogP contribution in [0.1, 0.15) is 16.1 Å². The molecule has 4 rings (SSSR count). The van der Waals surface area contributed by atoms with E-state index < -0.39 is 6.04 Å². The van der Waals surface area contributed by atoms with Gasteiger partial charge in [0.1, 0.15) is 6.04 Å². The number of urea groups is 1. The zero-order valence-corrected chi connectivity index (χ0v) is 13.5. The third kappa shape index (κ3) is 2.67. The predicted molar refractivity (Wildman–Crippen MR) is 87.5 cm³/mol. The molecule has 0 N–H and O–H groups in total. The van der Waals surface area contributed by atoms with Crippen molar-refractivity contribution in [3.8, 4) is 0 Å². The van der Waals surface area contributed by atoms with Crippen molar-refractivity contribution in [3.63, 3.8) is 0 Å². The van der Waals surface area contributed by atoms with Crippen molar-refractivity contribution in [2.24, 2.45) is 0 Å². The molecule has 0 spiro atoms. The summed E-state index contributed by atoms with van der Waals surface area (Å²) in [7, 11) is 0. The summed E-state index contributed by atoms with van der Waals surface area (Å²) >= 11 is 0. The van der Waals surface area contributed by atoms with E-state index in [1.54, 1.807) is 21.9 Å². The summed E-state index contributed by atoms with van der Waals surface area (Å²) in [5.41, 5.74) is 0.896. The van der Waals surface area contributed by atoms with E-state index in [0.29, 0.717) is 13.1 Å². The smallest absolute Gasteiger partial charge is 0.327 e. The van der Waals surface area contributed by atoms with E-state index in [2.05, 4.69) is 0 Å². The molecule has 7 heteroatoms. The van der Waals surface area contributed by atoms with E-state index in [-0.39, 0.29) is 36.7 Å². The summed E-state index contributed by atoms with van der Waals surface area (Å²) in [6.07, 6.45) is 1.44. The van der Waals surface area contributed by atoms with Crippen molar-refractivity contribution in [1.82, 2.24) is 14.7 Å². The number of carbonyl (C=O) groups excluding carboxylic acids is 3. The van der Waals surface area contributed by atoms with Gasteiger partial charge in [0, 0.05) is 13.1 Å². The van der Waals surface area contributed by atoms with Crippen LogP contribution < -0.4 is 0 Å². The highest BCUT2D eigenvalue weighted by molar-refractivity contribution is 6.05. The molecule has 128 valence electrons. The summed E-state index contributed by atoms with van der Waals surface area (Å²) in [5.74, 6) is -0.274. The highest BCUT2D eigenvalue weighted by atomic mass is 16.3. The predicted octanol–water partition coefficient (Wildman–Crippen LogP) is 1.57. The van der Waals surface area contributed by atoms with Crippen molar-refractivity contribution in [2.45, 2.75) is 12.6 Å². The second kappa shape index (κ2) is 6.08. The van der Waals surface area contributed by atoms with Crippen LogP contribution >= 0.6 is 0 Å². The minimum absolute atomic E-state index is 0.190. The van der Waals surface area contributed by atoms with Gasteiger partial charge in [-0.1, -0.05) is 30.3 Å². The Hall–Kier alpha value is -3.09. The number of amides is 4. The molecule has 0 bridgehead atoms. The fourth-order valence-electron chi connectivity index (χ4n) is 3.30. The Morgan fingerprint density at radius 1 is 1.08 bits per heavy atom. The summed E-state index contributed by atoms with van der Waals surface area (Å²) in [6.45, 7) is 1.16. The first-order valence-corrected chi connectivity index (χ1v) is 8.14. The van der Waals surface area contributed by atoms with Crippen molar-refractivity contribution in [1.29, 1.82) is 0 Å². The quantitative estimate of drug-likeness (QED) is 0.796. The van der Waals surface area contributed by atoms with Crippen LogP contribution in [0.3, 0.4) is 0 Å². The molecule has 3 heterocycles. The van der Waals surface area contributed by atoms with Gasteiger partial charge in [0.25, 0.3) is 11.8 Å². The summed E-state index contributed by atoms with van der Waals surface area (Å²) < 4.78 is 5.14. The van der Waals surface area contributed by atoms with Crippen LogP contribution in [-0.4, -0.2) is 58.2 Å². The number of nitrogens with zero attached hydrogens (tertiary/aromatic N) is 3. The Bertz CT molecular complexity index is 803. The van der Waals surface area contributed by atoms with Crippen molar-refractivity contribution in [3.05, 3.63) is 60.1 Å². The van der Waals surface area contributed by atoms with E-state index >= 15 is 0 Å². The molecule has 0 radical (unpaired) electrons. The Labute approximate surface area is 144 Å². The number of furan rings is 1. The van der Waals surface area contributed by atoms with Crippen LogP contribution in [0.2, 0.25) is 0 Å². The summed E-state index contributed by atoms with van der Waals surface area (Å²) in [4.78, 5) is 42.1. The van der Waals surface area contributed by atoms with Gasteiger partial charge in [-0.2, -0.15) is 0 Å². The zero-order valence-electron chi connectivity index (χ0n) is 13.5. The molecule has 1 unspecified atom stereocenters. The Morgan fingerprint density at radius 3 is 2.60 bits per heavy atom. The van der Waals surface area contributed by atoms with Gasteiger partial charge >= 0.3 is 6.03 Å². The molecule has 0 saturated carbocycles. The number of imide groups is 1. The molecule has 2 fully saturated rings. The van der Waals surface area contributed by atoms with E-state index in [0.717, 1.165) is 5.56 Å². The van der Waals surface area contributed by atoms with E-state index in [1.807, 2.05) is 30.3 Å². The van der Waals surface area contributed by atoms with E-state index in [1.165, 1.54) is 11.2 Å². The van der Waals surface area contributed by atoms with E-state index in [4.69, 9.17) is 4.42 Å². The minimum atomic E-state index is -0.621. The van der Waals surface area contributed by atoms with Gasteiger partial charge in [0.05, 0.1) is 19.4 Å². The van der Waals surface area contributed by atoms with Gasteiger partial charge in [-0.15, -0.1) is 0 Å². The largest absolute Gasteiger partial charge is 0.459 e. The molecular weight excluding hydrogens is 322 g/mol. The van der Waals surface area contributed by atoms with Crippen LogP contribution in [0.5, 0.6) is 0 Å². The molecule has 1 atom stereocenters. The Balaban J connectivity index is 1.50. The van der Waals surface area contributed by atoms with Crippen LogP contribution in [0.4, 0.5) is 4.79 Å². The minimum Gasteiger partial charge on any atom is -0.459 e. The van der Waals surface area contributed by atoms with Gasteiger partial charge in [0.15, 0.2) is 5.76 Å². The van der Waals surface area contributed by atoms with Gasteiger partial charge in [-0.05, 0) is 17.7 Å². The zero-order chi connectivity index (χ0) is 17.4. The number of rotatable bonds is 3. The standard InChI is InChI=1S/C18H17N3O4/c22-16-14-12-19(17(23)15-7-4-10-25-15)8-9-20(14)18(24)21(16)11-13-5-2-1-3-6-13/h1-7,10,14H,8-9,11-12H2. The third-order valence-corrected chi connectivity index (χ3v) is 4.61. The Morgan fingerprint density at radius 2 is 1.88 bits per heavy atom. The van der Waals surface area contributed by atoms with Crippen molar-refractivity contribution >= 4 is 17.8 Å². The summed E-state index contributed by atoms with van der Waals surface area (Å²) in [5, 5.41) is 0. The average Bonchev–Trinajstić information content (AvgIpc) is 3.26. The monoisotopic (exact) mass is 339 g/mol. The maximum atomic E-state index is 12.7. The molecule has 2 aliphatic heterocycles. The lowest BCUT2D eigenvalue weighted by molar-refractivity contribution is -0.129. The molecule has 0 aliphatic carbocycles. The molecule has 2 aliphatic rings. The third-order valence-electron chi connectivity index (χ3n) is 4.61.